The first-order chi connectivity index (χ1) is 17.1. The Bertz CT molecular complexity index is 1280. The summed E-state index contributed by atoms with van der Waals surface area (Å²) in [6.45, 7) is -0.470. The molecule has 4 rings (SSSR count). The number of hydrazine groups is 1. The van der Waals surface area contributed by atoms with Crippen LogP contribution in [0.3, 0.4) is 0 Å². The molecule has 1 fully saturated rings. The average Bonchev–Trinajstić information content (AvgIpc) is 3.03. The molecule has 12 nitrogen and oxygen atoms in total. The largest absolute Gasteiger partial charge is 0.481 e. The van der Waals surface area contributed by atoms with Crippen molar-refractivity contribution >= 4 is 52.6 Å². The van der Waals surface area contributed by atoms with Gasteiger partial charge in [0.15, 0.2) is 5.92 Å². The number of fused-ring (bicyclic) bond motifs is 1. The monoisotopic (exact) mass is 493 g/mol. The number of nitrogens with one attached hydrogen (secondary N) is 1. The van der Waals surface area contributed by atoms with E-state index in [0.29, 0.717) is 5.69 Å². The van der Waals surface area contributed by atoms with Gasteiger partial charge < -0.3 is 20.2 Å². The van der Waals surface area contributed by atoms with Gasteiger partial charge in [0.05, 0.1) is 23.4 Å². The number of para-hydroxylation sites is 1. The zero-order valence-corrected chi connectivity index (χ0v) is 19.5. The van der Waals surface area contributed by atoms with Crippen LogP contribution in [-0.2, 0) is 24.0 Å². The number of benzene rings is 2. The molecule has 36 heavy (non-hydrogen) atoms. The SMILES string of the molecule is CN1C(=O)CN(CCC(=O)O)C(=O)c2cc(NC(=O)C3C(=O)N(C)N(c4ccccc4)C3=O)ccc21. The van der Waals surface area contributed by atoms with Crippen molar-refractivity contribution in [3.63, 3.8) is 0 Å². The van der Waals surface area contributed by atoms with Crippen LogP contribution in [0.2, 0.25) is 0 Å². The van der Waals surface area contributed by atoms with Gasteiger partial charge in [0.1, 0.15) is 6.54 Å². The summed E-state index contributed by atoms with van der Waals surface area (Å²) in [4.78, 5) is 77.7. The van der Waals surface area contributed by atoms with Gasteiger partial charge in [0.25, 0.3) is 17.7 Å². The number of carboxylic acids is 1. The molecule has 2 N–H and O–H groups in total. The molecule has 2 aliphatic heterocycles. The molecule has 1 atom stereocenters. The van der Waals surface area contributed by atoms with E-state index in [9.17, 15) is 28.8 Å². The predicted octanol–water partition coefficient (Wildman–Crippen LogP) is 0.555. The highest BCUT2D eigenvalue weighted by Gasteiger charge is 2.49. The minimum Gasteiger partial charge on any atom is -0.481 e. The summed E-state index contributed by atoms with van der Waals surface area (Å²) in [5.41, 5.74) is 0.912. The van der Waals surface area contributed by atoms with Gasteiger partial charge in [-0.15, -0.1) is 0 Å². The fourth-order valence-electron chi connectivity index (χ4n) is 4.10. The quantitative estimate of drug-likeness (QED) is 0.559. The van der Waals surface area contributed by atoms with Crippen molar-refractivity contribution in [1.82, 2.24) is 9.91 Å². The lowest BCUT2D eigenvalue weighted by Gasteiger charge is -2.23. The van der Waals surface area contributed by atoms with E-state index in [-0.39, 0.29) is 36.4 Å². The fourth-order valence-corrected chi connectivity index (χ4v) is 4.10. The Labute approximate surface area is 205 Å². The Morgan fingerprint density at radius 2 is 1.69 bits per heavy atom. The molecule has 0 saturated carbocycles. The second-order valence-electron chi connectivity index (χ2n) is 8.32. The number of likely N-dealkylation sites (N-methyl/N-ethyl adjacent to an activating group) is 1. The first-order valence-corrected chi connectivity index (χ1v) is 11.0. The van der Waals surface area contributed by atoms with Crippen molar-refractivity contribution in [2.24, 2.45) is 5.92 Å². The van der Waals surface area contributed by atoms with Crippen molar-refractivity contribution in [2.75, 3.05) is 42.4 Å². The van der Waals surface area contributed by atoms with Gasteiger partial charge in [0.2, 0.25) is 11.8 Å². The summed E-state index contributed by atoms with van der Waals surface area (Å²) in [5.74, 6) is -6.03. The van der Waals surface area contributed by atoms with E-state index in [1.54, 1.807) is 30.3 Å². The summed E-state index contributed by atoms with van der Waals surface area (Å²) in [6, 6.07) is 12.7. The first-order valence-electron chi connectivity index (χ1n) is 11.0. The molecule has 1 unspecified atom stereocenters. The van der Waals surface area contributed by atoms with Gasteiger partial charge in [-0.1, -0.05) is 18.2 Å². The molecule has 186 valence electrons. The topological polar surface area (TPSA) is 148 Å². The van der Waals surface area contributed by atoms with Gasteiger partial charge >= 0.3 is 5.97 Å². The first kappa shape index (κ1) is 24.4. The van der Waals surface area contributed by atoms with Crippen LogP contribution in [0.1, 0.15) is 16.8 Å². The molecule has 0 bridgehead atoms. The van der Waals surface area contributed by atoms with Gasteiger partial charge in [-0.25, -0.2) is 10.0 Å². The fraction of sp³-hybridized carbons (Fsp3) is 0.250. The Balaban J connectivity index is 1.59. The lowest BCUT2D eigenvalue weighted by molar-refractivity contribution is -0.138. The third kappa shape index (κ3) is 4.35. The van der Waals surface area contributed by atoms with Crippen molar-refractivity contribution in [1.29, 1.82) is 0 Å². The minimum atomic E-state index is -1.62. The van der Waals surface area contributed by atoms with E-state index in [4.69, 9.17) is 5.11 Å². The van der Waals surface area contributed by atoms with Crippen molar-refractivity contribution in [3.05, 3.63) is 54.1 Å². The van der Waals surface area contributed by atoms with Crippen LogP contribution in [-0.4, -0.2) is 77.7 Å². The number of hydrogen-bond donors (Lipinski definition) is 2. The summed E-state index contributed by atoms with van der Waals surface area (Å²) in [5, 5.41) is 13.7. The highest BCUT2D eigenvalue weighted by Crippen LogP contribution is 2.30. The second-order valence-corrected chi connectivity index (χ2v) is 8.32. The van der Waals surface area contributed by atoms with Gasteiger partial charge in [-0.3, -0.25) is 28.8 Å². The maximum atomic E-state index is 13.1. The molecule has 2 aromatic rings. The van der Waals surface area contributed by atoms with E-state index >= 15 is 0 Å². The zero-order valence-electron chi connectivity index (χ0n) is 19.5. The minimum absolute atomic E-state index is 0.0682. The molecule has 0 radical (unpaired) electrons. The van der Waals surface area contributed by atoms with Crippen LogP contribution in [0.15, 0.2) is 48.5 Å². The maximum Gasteiger partial charge on any atom is 0.305 e. The Hall–Kier alpha value is -4.74. The van der Waals surface area contributed by atoms with Gasteiger partial charge in [0, 0.05) is 26.3 Å². The van der Waals surface area contributed by atoms with Crippen LogP contribution in [0.25, 0.3) is 0 Å². The van der Waals surface area contributed by atoms with E-state index in [1.807, 2.05) is 0 Å². The van der Waals surface area contributed by atoms with E-state index in [1.165, 1.54) is 37.2 Å². The van der Waals surface area contributed by atoms with Crippen LogP contribution < -0.4 is 15.2 Å². The third-order valence-corrected chi connectivity index (χ3v) is 6.02. The molecule has 0 aliphatic carbocycles. The second kappa shape index (κ2) is 9.49. The number of carbonyl (C=O) groups is 6. The van der Waals surface area contributed by atoms with Crippen molar-refractivity contribution < 1.29 is 33.9 Å². The lowest BCUT2D eigenvalue weighted by atomic mass is 10.1. The smallest absolute Gasteiger partial charge is 0.305 e. The molecular formula is C24H23N5O7. The molecular weight excluding hydrogens is 470 g/mol. The molecule has 0 aromatic heterocycles. The third-order valence-electron chi connectivity index (χ3n) is 6.02. The standard InChI is InChI=1S/C24H23N5O7/c1-26-17-9-8-14(12-16(17)22(34)28(13-18(26)30)11-10-19(31)32)25-21(33)20-23(35)27(2)29(24(20)36)15-6-4-3-5-7-15/h3-9,12,20H,10-11,13H2,1-2H3,(H,25,33)(H,31,32). The highest BCUT2D eigenvalue weighted by molar-refractivity contribution is 6.28. The van der Waals surface area contributed by atoms with Crippen LogP contribution >= 0.6 is 0 Å². The number of nitrogens with zero attached hydrogens (tertiary/aromatic N) is 4. The number of aliphatic carboxylic acids is 1. The Morgan fingerprint density at radius 1 is 1.00 bits per heavy atom. The summed E-state index contributed by atoms with van der Waals surface area (Å²) >= 11 is 0. The molecule has 5 amide bonds. The average molecular weight is 493 g/mol. The Morgan fingerprint density at radius 3 is 2.36 bits per heavy atom. The maximum absolute atomic E-state index is 13.1. The van der Waals surface area contributed by atoms with Crippen LogP contribution in [0.4, 0.5) is 17.1 Å². The molecule has 12 heteroatoms. The molecule has 2 aliphatic rings. The normalized spacial score (nSPS) is 17.9. The predicted molar refractivity (Wildman–Crippen MR) is 127 cm³/mol. The van der Waals surface area contributed by atoms with Gasteiger partial charge in [-0.05, 0) is 30.3 Å². The number of rotatable bonds is 6. The summed E-state index contributed by atoms with van der Waals surface area (Å²) in [6.07, 6.45) is -0.341. The number of hydrogen-bond acceptors (Lipinski definition) is 6. The molecule has 0 spiro atoms. The van der Waals surface area contributed by atoms with Crippen molar-refractivity contribution in [2.45, 2.75) is 6.42 Å². The molecule has 2 aromatic carbocycles. The number of carbonyl (C=O) groups excluding carboxylic acids is 5. The van der Waals surface area contributed by atoms with Crippen molar-refractivity contribution in [3.8, 4) is 0 Å². The van der Waals surface area contributed by atoms with E-state index < -0.39 is 41.4 Å². The number of carboxylic acid groups (broad SMARTS) is 1. The number of anilines is 3. The number of amides is 5. The summed E-state index contributed by atoms with van der Waals surface area (Å²) in [7, 11) is 2.87. The molecule has 2 heterocycles. The molecule has 1 saturated heterocycles. The van der Waals surface area contributed by atoms with E-state index in [2.05, 4.69) is 5.32 Å². The zero-order chi connectivity index (χ0) is 26.1. The van der Waals surface area contributed by atoms with Gasteiger partial charge in [-0.2, -0.15) is 0 Å². The Kier molecular flexibility index (Phi) is 6.43. The van der Waals surface area contributed by atoms with E-state index in [0.717, 1.165) is 14.9 Å². The summed E-state index contributed by atoms with van der Waals surface area (Å²) < 4.78 is 0. The lowest BCUT2D eigenvalue weighted by Crippen LogP contribution is -2.38. The highest BCUT2D eigenvalue weighted by atomic mass is 16.4. The van der Waals surface area contributed by atoms with Crippen LogP contribution in [0.5, 0.6) is 0 Å². The van der Waals surface area contributed by atoms with Crippen LogP contribution in [0, 0.1) is 5.92 Å².